The highest BCUT2D eigenvalue weighted by Crippen LogP contribution is 2.36. The highest BCUT2D eigenvalue weighted by atomic mass is 16.5. The molecular formula is C15H23NO3. The molecule has 0 heterocycles. The van der Waals surface area contributed by atoms with Crippen LogP contribution in [0.1, 0.15) is 24.0 Å². The number of hydrogen-bond acceptors (Lipinski definition) is 4. The maximum atomic E-state index is 10.9. The van der Waals surface area contributed by atoms with Crippen molar-refractivity contribution in [3.05, 3.63) is 29.3 Å². The lowest BCUT2D eigenvalue weighted by Gasteiger charge is -2.35. The van der Waals surface area contributed by atoms with Crippen molar-refractivity contribution in [1.29, 1.82) is 0 Å². The normalized spacial score (nSPS) is 22.1. The molecule has 4 nitrogen and oxygen atoms in total. The monoisotopic (exact) mass is 265 g/mol. The van der Waals surface area contributed by atoms with E-state index < -0.39 is 5.60 Å². The molecule has 19 heavy (non-hydrogen) atoms. The zero-order valence-electron chi connectivity index (χ0n) is 11.7. The zero-order valence-corrected chi connectivity index (χ0v) is 11.7. The van der Waals surface area contributed by atoms with Gasteiger partial charge in [-0.15, -0.1) is 0 Å². The fourth-order valence-corrected chi connectivity index (χ4v) is 2.69. The van der Waals surface area contributed by atoms with Crippen molar-refractivity contribution in [3.8, 4) is 5.75 Å². The van der Waals surface area contributed by atoms with E-state index in [1.54, 1.807) is 14.2 Å². The average Bonchev–Trinajstić information content (AvgIpc) is 2.44. The predicted molar refractivity (Wildman–Crippen MR) is 74.6 cm³/mol. The lowest BCUT2D eigenvalue weighted by atomic mass is 9.79. The summed E-state index contributed by atoms with van der Waals surface area (Å²) in [5.41, 5.74) is 1.43. The van der Waals surface area contributed by atoms with Crippen molar-refractivity contribution in [3.63, 3.8) is 0 Å². The van der Waals surface area contributed by atoms with Crippen molar-refractivity contribution in [2.45, 2.75) is 24.9 Å². The first-order valence-corrected chi connectivity index (χ1v) is 6.79. The number of ether oxygens (including phenoxy) is 2. The molecule has 2 N–H and O–H groups in total. The van der Waals surface area contributed by atoms with Gasteiger partial charge in [-0.3, -0.25) is 0 Å². The molecule has 4 heteroatoms. The molecule has 0 spiro atoms. The lowest BCUT2D eigenvalue weighted by Crippen LogP contribution is -2.41. The van der Waals surface area contributed by atoms with Crippen LogP contribution in [0.15, 0.2) is 18.2 Å². The van der Waals surface area contributed by atoms with E-state index >= 15 is 0 Å². The van der Waals surface area contributed by atoms with Crippen molar-refractivity contribution in [2.75, 3.05) is 33.9 Å². The van der Waals surface area contributed by atoms with E-state index in [4.69, 9.17) is 9.47 Å². The number of methoxy groups -OCH3 is 2. The predicted octanol–water partition coefficient (Wildman–Crippen LogP) is 1.46. The van der Waals surface area contributed by atoms with Crippen molar-refractivity contribution < 1.29 is 14.6 Å². The van der Waals surface area contributed by atoms with Crippen LogP contribution in [0.25, 0.3) is 0 Å². The summed E-state index contributed by atoms with van der Waals surface area (Å²) in [6.45, 7) is 1.95. The molecule has 2 rings (SSSR count). The molecule has 0 saturated heterocycles. The number of rotatable bonds is 6. The molecule has 0 aromatic heterocycles. The molecule has 1 aromatic carbocycles. The van der Waals surface area contributed by atoms with E-state index in [0.717, 1.165) is 37.1 Å². The van der Waals surface area contributed by atoms with Gasteiger partial charge >= 0.3 is 0 Å². The highest BCUT2D eigenvalue weighted by molar-refractivity contribution is 5.41. The van der Waals surface area contributed by atoms with E-state index in [-0.39, 0.29) is 0 Å². The van der Waals surface area contributed by atoms with Gasteiger partial charge in [0.25, 0.3) is 0 Å². The Bertz CT molecular complexity index is 422. The standard InChI is InChI=1S/C15H23NO3/c1-18-9-8-16-11-15(17)7-3-4-12-5-6-13(19-2)10-14(12)15/h5-6,10,16-17H,3-4,7-9,11H2,1-2H3. The molecule has 1 unspecified atom stereocenters. The molecule has 0 bridgehead atoms. The number of nitrogens with one attached hydrogen (secondary N) is 1. The van der Waals surface area contributed by atoms with E-state index in [1.807, 2.05) is 12.1 Å². The van der Waals surface area contributed by atoms with Crippen LogP contribution in [0.3, 0.4) is 0 Å². The molecule has 1 aliphatic rings. The Balaban J connectivity index is 2.14. The maximum Gasteiger partial charge on any atom is 0.119 e. The van der Waals surface area contributed by atoms with Gasteiger partial charge in [0.2, 0.25) is 0 Å². The number of benzene rings is 1. The van der Waals surface area contributed by atoms with Crippen LogP contribution in [0.4, 0.5) is 0 Å². The van der Waals surface area contributed by atoms with Crippen LogP contribution < -0.4 is 10.1 Å². The largest absolute Gasteiger partial charge is 0.497 e. The Kier molecular flexibility index (Phi) is 4.80. The first-order chi connectivity index (χ1) is 9.19. The number of aryl methyl sites for hydroxylation is 1. The van der Waals surface area contributed by atoms with Gasteiger partial charge in [-0.2, -0.15) is 0 Å². The molecule has 0 aliphatic heterocycles. The van der Waals surface area contributed by atoms with Gasteiger partial charge in [0.1, 0.15) is 11.4 Å². The SMILES string of the molecule is COCCNCC1(O)CCCc2ccc(OC)cc21. The summed E-state index contributed by atoms with van der Waals surface area (Å²) < 4.78 is 10.3. The Labute approximate surface area is 114 Å². The summed E-state index contributed by atoms with van der Waals surface area (Å²) in [5.74, 6) is 0.802. The highest BCUT2D eigenvalue weighted by Gasteiger charge is 2.34. The van der Waals surface area contributed by atoms with Gasteiger partial charge in [-0.25, -0.2) is 0 Å². The maximum absolute atomic E-state index is 10.9. The fourth-order valence-electron chi connectivity index (χ4n) is 2.69. The molecule has 1 aromatic rings. The minimum Gasteiger partial charge on any atom is -0.497 e. The van der Waals surface area contributed by atoms with Gasteiger partial charge in [-0.05, 0) is 42.5 Å². The first-order valence-electron chi connectivity index (χ1n) is 6.79. The van der Waals surface area contributed by atoms with Gasteiger partial charge in [-0.1, -0.05) is 6.07 Å². The molecule has 1 aliphatic carbocycles. The second kappa shape index (κ2) is 6.37. The van der Waals surface area contributed by atoms with E-state index in [0.29, 0.717) is 13.2 Å². The molecule has 0 saturated carbocycles. The molecule has 106 valence electrons. The number of hydrogen-bond donors (Lipinski definition) is 2. The van der Waals surface area contributed by atoms with E-state index in [9.17, 15) is 5.11 Å². The third-order valence-corrected chi connectivity index (χ3v) is 3.76. The molecule has 0 radical (unpaired) electrons. The van der Waals surface area contributed by atoms with Crippen LogP contribution in [0.2, 0.25) is 0 Å². The average molecular weight is 265 g/mol. The van der Waals surface area contributed by atoms with E-state index in [1.165, 1.54) is 5.56 Å². The topological polar surface area (TPSA) is 50.7 Å². The Hall–Kier alpha value is -1.10. The fraction of sp³-hybridized carbons (Fsp3) is 0.600. The van der Waals surface area contributed by atoms with Crippen LogP contribution in [-0.2, 0) is 16.8 Å². The Morgan fingerprint density at radius 1 is 1.37 bits per heavy atom. The van der Waals surface area contributed by atoms with E-state index in [2.05, 4.69) is 11.4 Å². The summed E-state index contributed by atoms with van der Waals surface area (Å²) in [6, 6.07) is 5.99. The molecule has 0 fully saturated rings. The lowest BCUT2D eigenvalue weighted by molar-refractivity contribution is 0.0178. The van der Waals surface area contributed by atoms with Crippen LogP contribution >= 0.6 is 0 Å². The summed E-state index contributed by atoms with van der Waals surface area (Å²) in [4.78, 5) is 0. The van der Waals surface area contributed by atoms with Gasteiger partial charge in [0, 0.05) is 20.2 Å². The Morgan fingerprint density at radius 3 is 2.95 bits per heavy atom. The minimum absolute atomic E-state index is 0.552. The van der Waals surface area contributed by atoms with Gasteiger partial charge in [0.15, 0.2) is 0 Å². The molecule has 0 amide bonds. The van der Waals surface area contributed by atoms with Crippen molar-refractivity contribution >= 4 is 0 Å². The first kappa shape index (κ1) is 14.3. The second-order valence-electron chi connectivity index (χ2n) is 5.08. The smallest absolute Gasteiger partial charge is 0.119 e. The summed E-state index contributed by atoms with van der Waals surface area (Å²) in [5, 5.41) is 14.1. The number of aliphatic hydroxyl groups is 1. The van der Waals surface area contributed by atoms with Crippen LogP contribution in [0, 0.1) is 0 Å². The number of fused-ring (bicyclic) bond motifs is 1. The third kappa shape index (κ3) is 3.26. The van der Waals surface area contributed by atoms with Gasteiger partial charge < -0.3 is 19.9 Å². The summed E-state index contributed by atoms with van der Waals surface area (Å²) in [7, 11) is 3.33. The minimum atomic E-state index is -0.796. The second-order valence-corrected chi connectivity index (χ2v) is 5.08. The summed E-state index contributed by atoms with van der Waals surface area (Å²) in [6.07, 6.45) is 2.83. The molecular weight excluding hydrogens is 242 g/mol. The Morgan fingerprint density at radius 2 is 2.21 bits per heavy atom. The van der Waals surface area contributed by atoms with Crippen molar-refractivity contribution in [1.82, 2.24) is 5.32 Å². The third-order valence-electron chi connectivity index (χ3n) is 3.76. The molecule has 1 atom stereocenters. The quantitative estimate of drug-likeness (QED) is 0.765. The van der Waals surface area contributed by atoms with Crippen LogP contribution in [0.5, 0.6) is 5.75 Å². The van der Waals surface area contributed by atoms with Crippen molar-refractivity contribution in [2.24, 2.45) is 0 Å². The van der Waals surface area contributed by atoms with Gasteiger partial charge in [0.05, 0.1) is 13.7 Å². The van der Waals surface area contributed by atoms with Crippen LogP contribution in [-0.4, -0.2) is 39.0 Å². The zero-order chi connectivity index (χ0) is 13.7. The summed E-state index contributed by atoms with van der Waals surface area (Å²) >= 11 is 0.